The van der Waals surface area contributed by atoms with Crippen LogP contribution in [0.1, 0.15) is 24.1 Å². The Labute approximate surface area is 165 Å². The molecule has 0 saturated carbocycles. The minimum Gasteiger partial charge on any atom is -0.200 e. The molecule has 0 N–H and O–H groups in total. The molecule has 0 saturated heterocycles. The van der Waals surface area contributed by atoms with Crippen molar-refractivity contribution < 1.29 is 8.42 Å². The summed E-state index contributed by atoms with van der Waals surface area (Å²) in [5.41, 5.74) is 3.80. The van der Waals surface area contributed by atoms with E-state index in [0.29, 0.717) is 0 Å². The van der Waals surface area contributed by atoms with E-state index in [1.807, 2.05) is 67.6 Å². The van der Waals surface area contributed by atoms with Gasteiger partial charge >= 0.3 is 0 Å². The molecule has 0 aromatic heterocycles. The lowest BCUT2D eigenvalue weighted by Crippen LogP contribution is -2.28. The largest absolute Gasteiger partial charge is 0.279 e. The van der Waals surface area contributed by atoms with Gasteiger partial charge < -0.3 is 0 Å². The van der Waals surface area contributed by atoms with Crippen molar-refractivity contribution in [2.75, 3.05) is 0 Å². The Balaban J connectivity index is 1.86. The number of hydrogen-bond acceptors (Lipinski definition) is 3. The molecule has 28 heavy (non-hydrogen) atoms. The zero-order valence-corrected chi connectivity index (χ0v) is 16.3. The summed E-state index contributed by atoms with van der Waals surface area (Å²) >= 11 is 0. The first-order chi connectivity index (χ1) is 13.6. The molecule has 3 aromatic carbocycles. The van der Waals surface area contributed by atoms with Gasteiger partial charge in [-0.3, -0.25) is 0 Å². The average Bonchev–Trinajstić information content (AvgIpc) is 3.21. The van der Waals surface area contributed by atoms with Crippen molar-refractivity contribution in [2.24, 2.45) is 5.10 Å². The van der Waals surface area contributed by atoms with Crippen molar-refractivity contribution in [3.8, 4) is 0 Å². The maximum Gasteiger partial charge on any atom is 0.279 e. The molecule has 1 aliphatic rings. The molecule has 1 atom stereocenters. The van der Waals surface area contributed by atoms with Gasteiger partial charge in [0.2, 0.25) is 0 Å². The number of hydrogen-bond donors (Lipinski definition) is 0. The zero-order valence-electron chi connectivity index (χ0n) is 15.4. The van der Waals surface area contributed by atoms with Gasteiger partial charge in [0.25, 0.3) is 10.0 Å². The molecule has 0 unspecified atom stereocenters. The van der Waals surface area contributed by atoms with Crippen molar-refractivity contribution in [1.29, 1.82) is 0 Å². The van der Waals surface area contributed by atoms with Crippen LogP contribution in [0.3, 0.4) is 0 Å². The Bertz CT molecular complexity index is 1120. The van der Waals surface area contributed by atoms with Gasteiger partial charge in [-0.25, -0.2) is 0 Å². The SMILES string of the molecule is C/C(=C1\C=NN(S(=O)(=O)c2ccccc2)[C@H]1c1ccccc1)c1ccccc1. The summed E-state index contributed by atoms with van der Waals surface area (Å²) in [5.74, 6) is 0. The molecule has 3 aromatic rings. The molecule has 4 nitrogen and oxygen atoms in total. The quantitative estimate of drug-likeness (QED) is 0.639. The number of rotatable bonds is 4. The summed E-state index contributed by atoms with van der Waals surface area (Å²) in [4.78, 5) is 0.228. The van der Waals surface area contributed by atoms with Gasteiger partial charge in [-0.15, -0.1) is 0 Å². The van der Waals surface area contributed by atoms with Gasteiger partial charge in [-0.05, 0) is 35.8 Å². The minimum absolute atomic E-state index is 0.228. The fourth-order valence-corrected chi connectivity index (χ4v) is 4.78. The minimum atomic E-state index is -3.78. The molecule has 0 bridgehead atoms. The second-order valence-corrected chi connectivity index (χ2v) is 8.39. The second kappa shape index (κ2) is 7.44. The van der Waals surface area contributed by atoms with Gasteiger partial charge in [-0.1, -0.05) is 78.9 Å². The van der Waals surface area contributed by atoms with Crippen LogP contribution in [-0.4, -0.2) is 19.0 Å². The second-order valence-electron chi connectivity index (χ2n) is 6.59. The van der Waals surface area contributed by atoms with Gasteiger partial charge in [0.1, 0.15) is 6.04 Å². The molecule has 140 valence electrons. The third-order valence-corrected chi connectivity index (χ3v) is 6.53. The first-order valence-electron chi connectivity index (χ1n) is 9.03. The van der Waals surface area contributed by atoms with Crippen LogP contribution in [0.15, 0.2) is 107 Å². The third kappa shape index (κ3) is 3.25. The number of sulfonamides is 1. The van der Waals surface area contributed by atoms with E-state index in [9.17, 15) is 8.42 Å². The molecule has 0 fully saturated rings. The van der Waals surface area contributed by atoms with Crippen molar-refractivity contribution in [3.05, 3.63) is 108 Å². The smallest absolute Gasteiger partial charge is 0.200 e. The highest BCUT2D eigenvalue weighted by atomic mass is 32.2. The van der Waals surface area contributed by atoms with Crippen LogP contribution >= 0.6 is 0 Å². The van der Waals surface area contributed by atoms with E-state index in [1.54, 1.807) is 36.5 Å². The monoisotopic (exact) mass is 388 g/mol. The summed E-state index contributed by atoms with van der Waals surface area (Å²) in [5, 5.41) is 4.33. The van der Waals surface area contributed by atoms with Gasteiger partial charge in [-0.2, -0.15) is 17.9 Å². The molecule has 0 radical (unpaired) electrons. The summed E-state index contributed by atoms with van der Waals surface area (Å²) in [6, 6.07) is 27.5. The first kappa shape index (κ1) is 18.2. The molecule has 0 spiro atoms. The van der Waals surface area contributed by atoms with Gasteiger partial charge in [0.15, 0.2) is 0 Å². The lowest BCUT2D eigenvalue weighted by molar-refractivity contribution is 0.397. The molecule has 4 rings (SSSR count). The van der Waals surface area contributed by atoms with Crippen molar-refractivity contribution >= 4 is 21.8 Å². The van der Waals surface area contributed by atoms with Crippen LogP contribution in [-0.2, 0) is 10.0 Å². The van der Waals surface area contributed by atoms with E-state index in [2.05, 4.69) is 5.10 Å². The molecule has 5 heteroatoms. The third-order valence-electron chi connectivity index (χ3n) is 4.87. The average molecular weight is 388 g/mol. The fraction of sp³-hybridized carbons (Fsp3) is 0.0870. The van der Waals surface area contributed by atoms with Crippen LogP contribution in [0.25, 0.3) is 5.57 Å². The molecule has 1 aliphatic heterocycles. The molecule has 1 heterocycles. The van der Waals surface area contributed by atoms with Crippen molar-refractivity contribution in [1.82, 2.24) is 4.41 Å². The maximum atomic E-state index is 13.3. The normalized spacial score (nSPS) is 18.3. The lowest BCUT2D eigenvalue weighted by atomic mass is 9.93. The van der Waals surface area contributed by atoms with E-state index in [1.165, 1.54) is 4.41 Å². The summed E-state index contributed by atoms with van der Waals surface area (Å²) in [7, 11) is -3.78. The number of nitrogens with zero attached hydrogens (tertiary/aromatic N) is 2. The molecular formula is C23H20N2O2S. The highest BCUT2D eigenvalue weighted by Gasteiger charge is 2.37. The lowest BCUT2D eigenvalue weighted by Gasteiger charge is -2.25. The predicted molar refractivity (Wildman–Crippen MR) is 112 cm³/mol. The molecule has 0 amide bonds. The fourth-order valence-electron chi connectivity index (χ4n) is 3.38. The van der Waals surface area contributed by atoms with Crippen LogP contribution in [0, 0.1) is 0 Å². The van der Waals surface area contributed by atoms with E-state index in [-0.39, 0.29) is 4.90 Å². The number of benzene rings is 3. The van der Waals surface area contributed by atoms with E-state index >= 15 is 0 Å². The molecule has 0 aliphatic carbocycles. The van der Waals surface area contributed by atoms with Crippen molar-refractivity contribution in [2.45, 2.75) is 17.9 Å². The Morgan fingerprint density at radius 1 is 0.821 bits per heavy atom. The van der Waals surface area contributed by atoms with Gasteiger partial charge in [0.05, 0.1) is 11.1 Å². The number of allylic oxidation sites excluding steroid dienone is 1. The Hall–Kier alpha value is -3.18. The zero-order chi connectivity index (χ0) is 19.6. The van der Waals surface area contributed by atoms with E-state index in [4.69, 9.17) is 0 Å². The summed E-state index contributed by atoms with van der Waals surface area (Å²) in [6.07, 6.45) is 1.67. The van der Waals surface area contributed by atoms with Crippen molar-refractivity contribution in [3.63, 3.8) is 0 Å². The summed E-state index contributed by atoms with van der Waals surface area (Å²) in [6.45, 7) is 2.01. The standard InChI is InChI=1S/C23H20N2O2S/c1-18(19-11-5-2-6-12-19)22-17-24-25(23(22)20-13-7-3-8-14-20)28(26,27)21-15-9-4-10-16-21/h2-17,23H,1H3/b22-18-/t23-/m0/s1. The highest BCUT2D eigenvalue weighted by molar-refractivity contribution is 7.89. The van der Waals surface area contributed by atoms with Crippen LogP contribution in [0.5, 0.6) is 0 Å². The summed E-state index contributed by atoms with van der Waals surface area (Å²) < 4.78 is 27.8. The molecular weight excluding hydrogens is 368 g/mol. The maximum absolute atomic E-state index is 13.3. The van der Waals surface area contributed by atoms with Crippen LogP contribution < -0.4 is 0 Å². The van der Waals surface area contributed by atoms with E-state index < -0.39 is 16.1 Å². The van der Waals surface area contributed by atoms with Crippen LogP contribution in [0.2, 0.25) is 0 Å². The first-order valence-corrected chi connectivity index (χ1v) is 10.5. The van der Waals surface area contributed by atoms with Crippen LogP contribution in [0.4, 0.5) is 0 Å². The Morgan fingerprint density at radius 3 is 1.96 bits per heavy atom. The Morgan fingerprint density at radius 2 is 1.36 bits per heavy atom. The number of hydrazone groups is 1. The highest BCUT2D eigenvalue weighted by Crippen LogP contribution is 2.40. The van der Waals surface area contributed by atoms with Gasteiger partial charge in [0, 0.05) is 5.57 Å². The topological polar surface area (TPSA) is 49.7 Å². The predicted octanol–water partition coefficient (Wildman–Crippen LogP) is 4.89. The Kier molecular flexibility index (Phi) is 4.84. The van der Waals surface area contributed by atoms with E-state index in [0.717, 1.165) is 22.3 Å².